The van der Waals surface area contributed by atoms with Crippen molar-refractivity contribution in [3.8, 4) is 5.75 Å². The second-order valence-corrected chi connectivity index (χ2v) is 3.76. The third-order valence-electron chi connectivity index (χ3n) is 2.65. The van der Waals surface area contributed by atoms with Gasteiger partial charge in [-0.05, 0) is 11.6 Å². The van der Waals surface area contributed by atoms with Crippen molar-refractivity contribution in [2.24, 2.45) is 5.73 Å². The van der Waals surface area contributed by atoms with Crippen LogP contribution in [0.15, 0.2) is 12.1 Å². The number of carbonyl (C=O) groups is 1. The van der Waals surface area contributed by atoms with Crippen LogP contribution in [0.2, 0.25) is 0 Å². The lowest BCUT2D eigenvalue weighted by Crippen LogP contribution is -2.32. The largest absolute Gasteiger partial charge is 0.493 e. The number of nitrogens with two attached hydrogens (primary N) is 1. The summed E-state index contributed by atoms with van der Waals surface area (Å²) in [5.41, 5.74) is 6.22. The van der Waals surface area contributed by atoms with Crippen molar-refractivity contribution in [1.29, 1.82) is 0 Å². The van der Waals surface area contributed by atoms with Crippen molar-refractivity contribution >= 4 is 5.97 Å². The maximum Gasteiger partial charge on any atom is 0.320 e. The molecule has 0 fully saturated rings. The van der Waals surface area contributed by atoms with Gasteiger partial charge >= 0.3 is 5.97 Å². The summed E-state index contributed by atoms with van der Waals surface area (Å²) in [7, 11) is 0. The molecule has 1 aliphatic heterocycles. The van der Waals surface area contributed by atoms with Gasteiger partial charge in [-0.15, -0.1) is 0 Å². The molecule has 1 aromatic carbocycles. The lowest BCUT2D eigenvalue weighted by atomic mass is 10.0. The van der Waals surface area contributed by atoms with Gasteiger partial charge in [0.15, 0.2) is 0 Å². The van der Waals surface area contributed by atoms with Crippen molar-refractivity contribution in [3.63, 3.8) is 0 Å². The number of carboxylic acids is 1. The van der Waals surface area contributed by atoms with Crippen LogP contribution in [-0.2, 0) is 17.6 Å². The normalized spacial score (nSPS) is 15.4. The minimum atomic E-state index is -1.13. The summed E-state index contributed by atoms with van der Waals surface area (Å²) >= 11 is 0. The summed E-state index contributed by atoms with van der Waals surface area (Å²) in [5, 5.41) is 8.66. The summed E-state index contributed by atoms with van der Waals surface area (Å²) in [4.78, 5) is 10.6. The smallest absolute Gasteiger partial charge is 0.320 e. The highest BCUT2D eigenvalue weighted by molar-refractivity contribution is 5.73. The zero-order valence-corrected chi connectivity index (χ0v) is 8.57. The molecule has 2 rings (SSSR count). The van der Waals surface area contributed by atoms with Gasteiger partial charge < -0.3 is 15.6 Å². The quantitative estimate of drug-likeness (QED) is 0.794. The first-order valence-corrected chi connectivity index (χ1v) is 5.01. The van der Waals surface area contributed by atoms with Gasteiger partial charge in [0.1, 0.15) is 17.6 Å². The van der Waals surface area contributed by atoms with E-state index < -0.39 is 12.0 Å². The van der Waals surface area contributed by atoms with Gasteiger partial charge in [0.05, 0.1) is 6.61 Å². The molecule has 0 radical (unpaired) electrons. The highest BCUT2D eigenvalue weighted by Gasteiger charge is 2.21. The van der Waals surface area contributed by atoms with Crippen LogP contribution >= 0.6 is 0 Å². The highest BCUT2D eigenvalue weighted by atomic mass is 19.1. The summed E-state index contributed by atoms with van der Waals surface area (Å²) in [5.74, 6) is -0.965. The summed E-state index contributed by atoms with van der Waals surface area (Å²) in [6.07, 6.45) is 0.520. The van der Waals surface area contributed by atoms with Crippen LogP contribution in [0.1, 0.15) is 11.1 Å². The molecule has 1 heterocycles. The zero-order valence-electron chi connectivity index (χ0n) is 8.57. The van der Waals surface area contributed by atoms with Crippen molar-refractivity contribution in [1.82, 2.24) is 0 Å². The predicted octanol–water partition coefficient (Wildman–Crippen LogP) is 0.715. The second-order valence-electron chi connectivity index (χ2n) is 3.76. The average molecular weight is 225 g/mol. The Balaban J connectivity index is 2.26. The van der Waals surface area contributed by atoms with Crippen LogP contribution in [0, 0.1) is 5.82 Å². The Morgan fingerprint density at radius 3 is 3.06 bits per heavy atom. The summed E-state index contributed by atoms with van der Waals surface area (Å²) < 4.78 is 19.1. The molecule has 1 atom stereocenters. The fraction of sp³-hybridized carbons (Fsp3) is 0.364. The molecule has 5 heteroatoms. The molecule has 0 bridgehead atoms. The van der Waals surface area contributed by atoms with Crippen molar-refractivity contribution < 1.29 is 19.0 Å². The number of hydrogen-bond acceptors (Lipinski definition) is 3. The van der Waals surface area contributed by atoms with Crippen LogP contribution in [0.25, 0.3) is 0 Å². The lowest BCUT2D eigenvalue weighted by molar-refractivity contribution is -0.138. The maximum atomic E-state index is 13.9. The lowest BCUT2D eigenvalue weighted by Gasteiger charge is -2.09. The molecule has 3 N–H and O–H groups in total. The molecular formula is C11H12FNO3. The molecule has 0 amide bonds. The van der Waals surface area contributed by atoms with E-state index in [9.17, 15) is 9.18 Å². The monoisotopic (exact) mass is 225 g/mol. The maximum absolute atomic E-state index is 13.9. The van der Waals surface area contributed by atoms with Crippen LogP contribution in [-0.4, -0.2) is 23.7 Å². The fourth-order valence-corrected chi connectivity index (χ4v) is 1.77. The van der Waals surface area contributed by atoms with E-state index in [2.05, 4.69) is 0 Å². The van der Waals surface area contributed by atoms with E-state index in [1.807, 2.05) is 0 Å². The number of aliphatic carboxylic acids is 1. The number of ether oxygens (including phenoxy) is 1. The number of benzene rings is 1. The third-order valence-corrected chi connectivity index (χ3v) is 2.65. The van der Waals surface area contributed by atoms with E-state index in [1.54, 1.807) is 6.07 Å². The highest BCUT2D eigenvalue weighted by Crippen LogP contribution is 2.29. The van der Waals surface area contributed by atoms with Crippen molar-refractivity contribution in [3.05, 3.63) is 29.1 Å². The van der Waals surface area contributed by atoms with Gasteiger partial charge in [0, 0.05) is 18.4 Å². The van der Waals surface area contributed by atoms with Crippen LogP contribution < -0.4 is 10.5 Å². The van der Waals surface area contributed by atoms with E-state index in [-0.39, 0.29) is 12.2 Å². The standard InChI is InChI=1S/C11H12FNO3/c12-10-6(5-8(13)11(14)15)1-2-9-7(10)3-4-16-9/h1-2,8H,3-5,13H2,(H,14,15). The minimum absolute atomic E-state index is 0.00551. The number of rotatable bonds is 3. The first kappa shape index (κ1) is 10.9. The molecular weight excluding hydrogens is 213 g/mol. The second kappa shape index (κ2) is 4.09. The van der Waals surface area contributed by atoms with Gasteiger partial charge in [0.25, 0.3) is 0 Å². The molecule has 16 heavy (non-hydrogen) atoms. The van der Waals surface area contributed by atoms with E-state index in [4.69, 9.17) is 15.6 Å². The van der Waals surface area contributed by atoms with E-state index >= 15 is 0 Å². The third kappa shape index (κ3) is 1.86. The van der Waals surface area contributed by atoms with Gasteiger partial charge in [-0.25, -0.2) is 4.39 Å². The zero-order chi connectivity index (χ0) is 11.7. The Labute approximate surface area is 91.8 Å². The van der Waals surface area contributed by atoms with Gasteiger partial charge in [-0.2, -0.15) is 0 Å². The number of carboxylic acid groups (broad SMARTS) is 1. The SMILES string of the molecule is NC(Cc1ccc2c(c1F)CCO2)C(=O)O. The van der Waals surface area contributed by atoms with Crippen LogP contribution in [0.3, 0.4) is 0 Å². The van der Waals surface area contributed by atoms with Gasteiger partial charge in [-0.1, -0.05) is 6.07 Å². The first-order chi connectivity index (χ1) is 7.59. The predicted molar refractivity (Wildman–Crippen MR) is 54.9 cm³/mol. The molecule has 0 saturated heterocycles. The Kier molecular flexibility index (Phi) is 2.78. The van der Waals surface area contributed by atoms with Crippen molar-refractivity contribution in [2.45, 2.75) is 18.9 Å². The Morgan fingerprint density at radius 1 is 1.62 bits per heavy atom. The Bertz CT molecular complexity index is 433. The summed E-state index contributed by atoms with van der Waals surface area (Å²) in [6, 6.07) is 2.12. The fourth-order valence-electron chi connectivity index (χ4n) is 1.77. The molecule has 0 aromatic heterocycles. The molecule has 1 aliphatic rings. The van der Waals surface area contributed by atoms with Crippen LogP contribution in [0.4, 0.5) is 4.39 Å². The molecule has 0 aliphatic carbocycles. The number of halogens is 1. The number of hydrogen-bond donors (Lipinski definition) is 2. The molecule has 0 saturated carbocycles. The Morgan fingerprint density at radius 2 is 2.38 bits per heavy atom. The molecule has 4 nitrogen and oxygen atoms in total. The van der Waals surface area contributed by atoms with E-state index in [1.165, 1.54) is 6.07 Å². The first-order valence-electron chi connectivity index (χ1n) is 5.01. The van der Waals surface area contributed by atoms with E-state index in [0.29, 0.717) is 29.9 Å². The molecule has 1 unspecified atom stereocenters. The number of fused-ring (bicyclic) bond motifs is 1. The molecule has 86 valence electrons. The molecule has 0 spiro atoms. The van der Waals surface area contributed by atoms with Crippen LogP contribution in [0.5, 0.6) is 5.75 Å². The van der Waals surface area contributed by atoms with Crippen molar-refractivity contribution in [2.75, 3.05) is 6.61 Å². The average Bonchev–Trinajstić information content (AvgIpc) is 2.70. The minimum Gasteiger partial charge on any atom is -0.493 e. The Hall–Kier alpha value is -1.62. The summed E-state index contributed by atoms with van der Waals surface area (Å²) in [6.45, 7) is 0.473. The van der Waals surface area contributed by atoms with Gasteiger partial charge in [0.2, 0.25) is 0 Å². The van der Waals surface area contributed by atoms with Gasteiger partial charge in [-0.3, -0.25) is 4.79 Å². The molecule has 1 aromatic rings. The topological polar surface area (TPSA) is 72.5 Å². The van der Waals surface area contributed by atoms with E-state index in [0.717, 1.165) is 0 Å².